The molecule has 0 saturated carbocycles. The van der Waals surface area contributed by atoms with E-state index in [0.717, 1.165) is 0 Å². The lowest BCUT2D eigenvalue weighted by atomic mass is 10.1. The number of carbonyl (C=O) groups excluding carboxylic acids is 2. The van der Waals surface area contributed by atoms with Crippen LogP contribution in [0.4, 0.5) is 4.39 Å². The predicted molar refractivity (Wildman–Crippen MR) is 98.1 cm³/mol. The summed E-state index contributed by atoms with van der Waals surface area (Å²) >= 11 is 0. The number of aromatic nitrogens is 1. The third-order valence-electron chi connectivity index (χ3n) is 4.26. The van der Waals surface area contributed by atoms with E-state index >= 15 is 0 Å². The molecule has 0 saturated heterocycles. The molecule has 0 aliphatic carbocycles. The van der Waals surface area contributed by atoms with E-state index in [1.54, 1.807) is 19.1 Å². The Hall–Kier alpha value is -3.55. The molecule has 1 amide bonds. The summed E-state index contributed by atoms with van der Waals surface area (Å²) in [5, 5.41) is 22.3. The fourth-order valence-electron chi connectivity index (χ4n) is 2.81. The molecule has 3 aromatic rings. The molecule has 3 N–H and O–H groups in total. The van der Waals surface area contributed by atoms with E-state index in [2.05, 4.69) is 5.32 Å². The predicted octanol–water partition coefficient (Wildman–Crippen LogP) is 2.74. The highest BCUT2D eigenvalue weighted by atomic mass is 19.1. The molecule has 28 heavy (non-hydrogen) atoms. The molecular formula is C20H19FN2O5. The minimum absolute atomic E-state index is 0.149. The van der Waals surface area contributed by atoms with Crippen LogP contribution in [0.3, 0.4) is 0 Å². The van der Waals surface area contributed by atoms with Crippen molar-refractivity contribution in [2.45, 2.75) is 13.3 Å². The molecule has 0 bridgehead atoms. The SMILES string of the molecule is CCNC(=O)c1cc(C(=O)c2cn(C)c(O)c2O)oc1Cc1ccc(F)cc1. The number of hydrogen-bond acceptors (Lipinski definition) is 5. The quantitative estimate of drug-likeness (QED) is 0.565. The van der Waals surface area contributed by atoms with Gasteiger partial charge < -0.3 is 24.5 Å². The highest BCUT2D eigenvalue weighted by Crippen LogP contribution is 2.32. The number of ketones is 1. The summed E-state index contributed by atoms with van der Waals surface area (Å²) in [5.74, 6) is -2.41. The van der Waals surface area contributed by atoms with Crippen LogP contribution in [0, 0.1) is 5.82 Å². The molecule has 0 aliphatic rings. The molecule has 2 heterocycles. The van der Waals surface area contributed by atoms with Crippen molar-refractivity contribution in [1.82, 2.24) is 9.88 Å². The number of nitrogens with one attached hydrogen (secondary N) is 1. The van der Waals surface area contributed by atoms with Gasteiger partial charge >= 0.3 is 0 Å². The van der Waals surface area contributed by atoms with E-state index in [0.29, 0.717) is 12.1 Å². The minimum atomic E-state index is -0.677. The van der Waals surface area contributed by atoms with Crippen LogP contribution in [-0.2, 0) is 13.5 Å². The summed E-state index contributed by atoms with van der Waals surface area (Å²) in [4.78, 5) is 25.1. The fourth-order valence-corrected chi connectivity index (χ4v) is 2.81. The largest absolute Gasteiger partial charge is 0.503 e. The second-order valence-corrected chi connectivity index (χ2v) is 6.27. The highest BCUT2D eigenvalue weighted by Gasteiger charge is 2.26. The van der Waals surface area contributed by atoms with Crippen LogP contribution < -0.4 is 5.32 Å². The molecule has 0 aliphatic heterocycles. The zero-order chi connectivity index (χ0) is 20.4. The summed E-state index contributed by atoms with van der Waals surface area (Å²) in [6.07, 6.45) is 1.44. The van der Waals surface area contributed by atoms with Gasteiger partial charge in [0.05, 0.1) is 11.1 Å². The van der Waals surface area contributed by atoms with Gasteiger partial charge in [-0.15, -0.1) is 0 Å². The molecule has 0 radical (unpaired) electrons. The van der Waals surface area contributed by atoms with Crippen molar-refractivity contribution in [3.05, 3.63) is 70.6 Å². The average Bonchev–Trinajstić information content (AvgIpc) is 3.20. The number of halogens is 1. The summed E-state index contributed by atoms with van der Waals surface area (Å²) in [5.41, 5.74) is 0.721. The lowest BCUT2D eigenvalue weighted by Crippen LogP contribution is -2.23. The van der Waals surface area contributed by atoms with E-state index in [4.69, 9.17) is 4.42 Å². The Morgan fingerprint density at radius 3 is 2.43 bits per heavy atom. The van der Waals surface area contributed by atoms with Crippen LogP contribution in [0.1, 0.15) is 44.7 Å². The Morgan fingerprint density at radius 2 is 1.86 bits per heavy atom. The summed E-state index contributed by atoms with van der Waals surface area (Å²) in [6.45, 7) is 2.14. The normalized spacial score (nSPS) is 10.8. The zero-order valence-electron chi connectivity index (χ0n) is 15.3. The third kappa shape index (κ3) is 3.62. The van der Waals surface area contributed by atoms with Gasteiger partial charge in [0, 0.05) is 32.3 Å². The van der Waals surface area contributed by atoms with Gasteiger partial charge in [-0.1, -0.05) is 12.1 Å². The topological polar surface area (TPSA) is 105 Å². The molecule has 146 valence electrons. The number of nitrogens with zero attached hydrogens (tertiary/aromatic N) is 1. The number of benzene rings is 1. The molecule has 0 spiro atoms. The van der Waals surface area contributed by atoms with Crippen molar-refractivity contribution in [2.75, 3.05) is 6.54 Å². The fraction of sp³-hybridized carbons (Fsp3) is 0.200. The van der Waals surface area contributed by atoms with Gasteiger partial charge in [0.15, 0.2) is 11.5 Å². The average molecular weight is 386 g/mol. The Kier molecular flexibility index (Phi) is 5.21. The lowest BCUT2D eigenvalue weighted by Gasteiger charge is -2.03. The van der Waals surface area contributed by atoms with Crippen LogP contribution in [0.5, 0.6) is 11.6 Å². The molecular weight excluding hydrogens is 367 g/mol. The molecule has 7 nitrogen and oxygen atoms in total. The van der Waals surface area contributed by atoms with Gasteiger partial charge in [-0.3, -0.25) is 9.59 Å². The Labute approximate surface area is 160 Å². The number of hydrogen-bond donors (Lipinski definition) is 3. The Morgan fingerprint density at radius 1 is 1.18 bits per heavy atom. The molecule has 1 aromatic carbocycles. The molecule has 0 fully saturated rings. The van der Waals surface area contributed by atoms with Gasteiger partial charge in [-0.05, 0) is 24.6 Å². The van der Waals surface area contributed by atoms with Crippen LogP contribution in [-0.4, -0.2) is 33.0 Å². The number of amides is 1. The van der Waals surface area contributed by atoms with Gasteiger partial charge in [0.25, 0.3) is 5.91 Å². The number of rotatable bonds is 6. The van der Waals surface area contributed by atoms with Crippen molar-refractivity contribution in [1.29, 1.82) is 0 Å². The molecule has 0 atom stereocenters. The maximum absolute atomic E-state index is 13.1. The van der Waals surface area contributed by atoms with Crippen molar-refractivity contribution < 1.29 is 28.6 Å². The van der Waals surface area contributed by atoms with Crippen molar-refractivity contribution in [2.24, 2.45) is 7.05 Å². The Balaban J connectivity index is 2.00. The first-order valence-electron chi connectivity index (χ1n) is 8.59. The van der Waals surface area contributed by atoms with Gasteiger partial charge in [0.2, 0.25) is 11.7 Å². The van der Waals surface area contributed by atoms with E-state index in [1.165, 1.54) is 36.0 Å². The van der Waals surface area contributed by atoms with E-state index in [9.17, 15) is 24.2 Å². The minimum Gasteiger partial charge on any atom is -0.503 e. The number of aryl methyl sites for hydroxylation is 1. The first kappa shape index (κ1) is 19.2. The highest BCUT2D eigenvalue weighted by molar-refractivity contribution is 6.10. The monoisotopic (exact) mass is 386 g/mol. The van der Waals surface area contributed by atoms with Gasteiger partial charge in [-0.25, -0.2) is 4.39 Å². The second kappa shape index (κ2) is 7.59. The number of carbonyl (C=O) groups is 2. The molecule has 3 rings (SSSR count). The van der Waals surface area contributed by atoms with E-state index < -0.39 is 23.3 Å². The van der Waals surface area contributed by atoms with Gasteiger partial charge in [-0.2, -0.15) is 0 Å². The van der Waals surface area contributed by atoms with Crippen molar-refractivity contribution >= 4 is 11.7 Å². The standard InChI is InChI=1S/C20H19FN2O5/c1-3-22-19(26)13-9-16(17(24)14-10-23(2)20(27)18(14)25)28-15(13)8-11-4-6-12(21)7-5-11/h4-7,9-10,25,27H,3,8H2,1-2H3,(H,22,26). The van der Waals surface area contributed by atoms with Crippen molar-refractivity contribution in [3.63, 3.8) is 0 Å². The summed E-state index contributed by atoms with van der Waals surface area (Å²) in [6, 6.07) is 7.00. The van der Waals surface area contributed by atoms with Crippen LogP contribution in [0.2, 0.25) is 0 Å². The number of aromatic hydroxyl groups is 2. The maximum Gasteiger partial charge on any atom is 0.254 e. The molecule has 8 heteroatoms. The van der Waals surface area contributed by atoms with Crippen molar-refractivity contribution in [3.8, 4) is 11.6 Å². The second-order valence-electron chi connectivity index (χ2n) is 6.27. The lowest BCUT2D eigenvalue weighted by molar-refractivity contribution is 0.0952. The first-order valence-corrected chi connectivity index (χ1v) is 8.59. The van der Waals surface area contributed by atoms with Crippen LogP contribution in [0.15, 0.2) is 40.9 Å². The third-order valence-corrected chi connectivity index (χ3v) is 4.26. The number of furan rings is 1. The van der Waals surface area contributed by atoms with Crippen LogP contribution in [0.25, 0.3) is 0 Å². The molecule has 2 aromatic heterocycles. The summed E-state index contributed by atoms with van der Waals surface area (Å²) in [7, 11) is 1.47. The van der Waals surface area contributed by atoms with Crippen LogP contribution >= 0.6 is 0 Å². The Bertz CT molecular complexity index is 1030. The summed E-state index contributed by atoms with van der Waals surface area (Å²) < 4.78 is 19.9. The zero-order valence-corrected chi connectivity index (χ0v) is 15.3. The van der Waals surface area contributed by atoms with E-state index in [-0.39, 0.29) is 34.9 Å². The first-order chi connectivity index (χ1) is 13.3. The van der Waals surface area contributed by atoms with Gasteiger partial charge in [0.1, 0.15) is 11.6 Å². The smallest absolute Gasteiger partial charge is 0.254 e. The molecule has 0 unspecified atom stereocenters. The maximum atomic E-state index is 13.1. The van der Waals surface area contributed by atoms with E-state index in [1.807, 2.05) is 0 Å².